The van der Waals surface area contributed by atoms with Crippen molar-refractivity contribution < 1.29 is 14.3 Å². The number of benzene rings is 2. The summed E-state index contributed by atoms with van der Waals surface area (Å²) in [4.78, 5) is 16.6. The minimum atomic E-state index is 0.0291. The summed E-state index contributed by atoms with van der Waals surface area (Å²) in [6.07, 6.45) is 0. The molecule has 1 aliphatic heterocycles. The molecule has 1 saturated heterocycles. The molecular formula is C21H26N2O3. The van der Waals surface area contributed by atoms with Crippen molar-refractivity contribution in [2.75, 3.05) is 44.8 Å². The molecule has 138 valence electrons. The van der Waals surface area contributed by atoms with Crippen molar-refractivity contribution in [2.45, 2.75) is 13.8 Å². The Morgan fingerprint density at radius 2 is 1.62 bits per heavy atom. The zero-order valence-electron chi connectivity index (χ0n) is 15.7. The van der Waals surface area contributed by atoms with Gasteiger partial charge in [-0.2, -0.15) is 0 Å². The minimum Gasteiger partial charge on any atom is -0.495 e. The molecule has 0 unspecified atom stereocenters. The highest BCUT2D eigenvalue weighted by Crippen LogP contribution is 2.30. The van der Waals surface area contributed by atoms with Crippen molar-refractivity contribution in [1.29, 1.82) is 0 Å². The van der Waals surface area contributed by atoms with Crippen LogP contribution in [-0.2, 0) is 4.79 Å². The van der Waals surface area contributed by atoms with E-state index >= 15 is 0 Å². The molecule has 1 aliphatic rings. The number of rotatable bonds is 5. The summed E-state index contributed by atoms with van der Waals surface area (Å²) in [5.41, 5.74) is 3.47. The van der Waals surface area contributed by atoms with Gasteiger partial charge in [0.15, 0.2) is 6.61 Å². The molecule has 1 heterocycles. The maximum absolute atomic E-state index is 12.4. The van der Waals surface area contributed by atoms with Crippen LogP contribution in [-0.4, -0.2) is 50.7 Å². The van der Waals surface area contributed by atoms with Crippen LogP contribution in [0, 0.1) is 13.8 Å². The number of nitrogens with zero attached hydrogens (tertiary/aromatic N) is 2. The van der Waals surface area contributed by atoms with Crippen LogP contribution >= 0.6 is 0 Å². The van der Waals surface area contributed by atoms with E-state index in [4.69, 9.17) is 9.47 Å². The number of amides is 1. The molecule has 1 amide bonds. The van der Waals surface area contributed by atoms with Crippen LogP contribution < -0.4 is 14.4 Å². The smallest absolute Gasteiger partial charge is 0.260 e. The molecule has 5 heteroatoms. The van der Waals surface area contributed by atoms with E-state index in [1.165, 1.54) is 11.1 Å². The van der Waals surface area contributed by atoms with Crippen molar-refractivity contribution in [2.24, 2.45) is 0 Å². The first-order valence-corrected chi connectivity index (χ1v) is 8.93. The minimum absolute atomic E-state index is 0.0291. The largest absolute Gasteiger partial charge is 0.495 e. The molecule has 0 saturated carbocycles. The first-order valence-electron chi connectivity index (χ1n) is 8.93. The summed E-state index contributed by atoms with van der Waals surface area (Å²) in [6, 6.07) is 13.9. The molecule has 0 aliphatic carbocycles. The number of aryl methyl sites for hydroxylation is 2. The van der Waals surface area contributed by atoms with Crippen molar-refractivity contribution in [1.82, 2.24) is 4.90 Å². The molecule has 0 aromatic heterocycles. The van der Waals surface area contributed by atoms with E-state index in [9.17, 15) is 4.79 Å². The van der Waals surface area contributed by atoms with Gasteiger partial charge in [-0.3, -0.25) is 4.79 Å². The fourth-order valence-electron chi connectivity index (χ4n) is 3.11. The number of piperazine rings is 1. The lowest BCUT2D eigenvalue weighted by Gasteiger charge is -2.36. The van der Waals surface area contributed by atoms with Gasteiger partial charge in [0.05, 0.1) is 12.8 Å². The van der Waals surface area contributed by atoms with Gasteiger partial charge in [0.2, 0.25) is 0 Å². The molecule has 26 heavy (non-hydrogen) atoms. The molecule has 0 atom stereocenters. The molecule has 0 radical (unpaired) electrons. The Hall–Kier alpha value is -2.69. The Morgan fingerprint density at radius 1 is 0.962 bits per heavy atom. The predicted octanol–water partition coefficient (Wildman–Crippen LogP) is 3.04. The molecule has 0 N–H and O–H groups in total. The van der Waals surface area contributed by atoms with Crippen LogP contribution in [0.5, 0.6) is 11.5 Å². The zero-order chi connectivity index (χ0) is 18.5. The van der Waals surface area contributed by atoms with Gasteiger partial charge in [-0.25, -0.2) is 0 Å². The average Bonchev–Trinajstić information content (AvgIpc) is 2.67. The number of methoxy groups -OCH3 is 1. The van der Waals surface area contributed by atoms with E-state index in [1.807, 2.05) is 48.2 Å². The van der Waals surface area contributed by atoms with E-state index in [0.717, 1.165) is 30.3 Å². The van der Waals surface area contributed by atoms with Gasteiger partial charge in [-0.15, -0.1) is 0 Å². The molecule has 2 aromatic rings. The lowest BCUT2D eigenvalue weighted by molar-refractivity contribution is -0.133. The van der Waals surface area contributed by atoms with Crippen molar-refractivity contribution in [3.05, 3.63) is 53.6 Å². The first-order chi connectivity index (χ1) is 12.6. The second kappa shape index (κ2) is 8.13. The lowest BCUT2D eigenvalue weighted by Crippen LogP contribution is -2.50. The standard InChI is InChI=1S/C21H26N2O3/c1-16-4-7-18(8-5-16)26-15-21(24)23-12-10-22(11-13-23)19-14-17(2)6-9-20(19)25-3/h4-9,14H,10-13,15H2,1-3H3. The zero-order valence-corrected chi connectivity index (χ0v) is 15.7. The molecule has 2 aromatic carbocycles. The first kappa shape index (κ1) is 18.1. The Labute approximate surface area is 155 Å². The molecule has 1 fully saturated rings. The Bertz CT molecular complexity index is 750. The van der Waals surface area contributed by atoms with Gasteiger partial charge in [0, 0.05) is 26.2 Å². The fraction of sp³-hybridized carbons (Fsp3) is 0.381. The quantitative estimate of drug-likeness (QED) is 0.828. The normalized spacial score (nSPS) is 14.3. The number of hydrogen-bond donors (Lipinski definition) is 0. The van der Waals surface area contributed by atoms with Gasteiger partial charge < -0.3 is 19.3 Å². The Balaban J connectivity index is 1.54. The van der Waals surface area contributed by atoms with E-state index in [-0.39, 0.29) is 12.5 Å². The van der Waals surface area contributed by atoms with E-state index < -0.39 is 0 Å². The van der Waals surface area contributed by atoms with Crippen LogP contribution in [0.2, 0.25) is 0 Å². The van der Waals surface area contributed by atoms with Gasteiger partial charge in [0.1, 0.15) is 11.5 Å². The average molecular weight is 354 g/mol. The second-order valence-electron chi connectivity index (χ2n) is 6.64. The number of ether oxygens (including phenoxy) is 2. The number of carbonyl (C=O) groups is 1. The molecule has 3 rings (SSSR count). The maximum Gasteiger partial charge on any atom is 0.260 e. The third-order valence-corrected chi connectivity index (χ3v) is 4.69. The predicted molar refractivity (Wildman–Crippen MR) is 103 cm³/mol. The molecular weight excluding hydrogens is 328 g/mol. The highest BCUT2D eigenvalue weighted by molar-refractivity contribution is 5.78. The number of carbonyl (C=O) groups excluding carboxylic acids is 1. The molecule has 0 spiro atoms. The maximum atomic E-state index is 12.4. The second-order valence-corrected chi connectivity index (χ2v) is 6.64. The third-order valence-electron chi connectivity index (χ3n) is 4.69. The van der Waals surface area contributed by atoms with Gasteiger partial charge in [-0.1, -0.05) is 23.8 Å². The van der Waals surface area contributed by atoms with Gasteiger partial charge >= 0.3 is 0 Å². The van der Waals surface area contributed by atoms with E-state index in [0.29, 0.717) is 13.1 Å². The number of hydrogen-bond acceptors (Lipinski definition) is 4. The van der Waals surface area contributed by atoms with Crippen LogP contribution in [0.15, 0.2) is 42.5 Å². The van der Waals surface area contributed by atoms with E-state index in [1.54, 1.807) is 7.11 Å². The van der Waals surface area contributed by atoms with Gasteiger partial charge in [0.25, 0.3) is 5.91 Å². The summed E-state index contributed by atoms with van der Waals surface area (Å²) >= 11 is 0. The number of anilines is 1. The van der Waals surface area contributed by atoms with Crippen molar-refractivity contribution >= 4 is 11.6 Å². The highest BCUT2D eigenvalue weighted by Gasteiger charge is 2.23. The topological polar surface area (TPSA) is 42.0 Å². The summed E-state index contributed by atoms with van der Waals surface area (Å²) in [7, 11) is 1.69. The SMILES string of the molecule is COc1ccc(C)cc1N1CCN(C(=O)COc2ccc(C)cc2)CC1. The van der Waals surface area contributed by atoms with Crippen molar-refractivity contribution in [3.63, 3.8) is 0 Å². The van der Waals surface area contributed by atoms with Crippen LogP contribution in [0.25, 0.3) is 0 Å². The summed E-state index contributed by atoms with van der Waals surface area (Å²) in [5, 5.41) is 0. The van der Waals surface area contributed by atoms with Crippen LogP contribution in [0.4, 0.5) is 5.69 Å². The monoisotopic (exact) mass is 354 g/mol. The van der Waals surface area contributed by atoms with Crippen LogP contribution in [0.3, 0.4) is 0 Å². The fourth-order valence-corrected chi connectivity index (χ4v) is 3.11. The Kier molecular flexibility index (Phi) is 5.66. The molecule has 0 bridgehead atoms. The highest BCUT2D eigenvalue weighted by atomic mass is 16.5. The summed E-state index contributed by atoms with van der Waals surface area (Å²) < 4.78 is 11.1. The van der Waals surface area contributed by atoms with E-state index in [2.05, 4.69) is 17.9 Å². The van der Waals surface area contributed by atoms with Crippen LogP contribution in [0.1, 0.15) is 11.1 Å². The molecule has 5 nitrogen and oxygen atoms in total. The third kappa shape index (κ3) is 4.28. The lowest BCUT2D eigenvalue weighted by atomic mass is 10.1. The van der Waals surface area contributed by atoms with Crippen molar-refractivity contribution in [3.8, 4) is 11.5 Å². The summed E-state index contributed by atoms with van der Waals surface area (Å²) in [6.45, 7) is 7.13. The Morgan fingerprint density at radius 3 is 2.27 bits per heavy atom. The summed E-state index contributed by atoms with van der Waals surface area (Å²) in [5.74, 6) is 1.63. The van der Waals surface area contributed by atoms with Gasteiger partial charge in [-0.05, 0) is 43.7 Å².